The quantitative estimate of drug-likeness (QED) is 0.587. The van der Waals surface area contributed by atoms with Crippen molar-refractivity contribution in [2.24, 2.45) is 0 Å². The van der Waals surface area contributed by atoms with Gasteiger partial charge in [0.15, 0.2) is 11.0 Å². The number of hydrogen-bond acceptors (Lipinski definition) is 6. The summed E-state index contributed by atoms with van der Waals surface area (Å²) in [5, 5.41) is 13.3. The minimum absolute atomic E-state index is 0.0534. The lowest BCUT2D eigenvalue weighted by Gasteiger charge is -2.31. The number of thiazole rings is 1. The number of H-pyrrole nitrogens is 1. The van der Waals surface area contributed by atoms with Crippen LogP contribution < -0.4 is 5.32 Å². The fraction of sp³-hybridized carbons (Fsp3) is 0.500. The molecule has 2 atom stereocenters. The molecule has 2 aromatic rings. The van der Waals surface area contributed by atoms with Gasteiger partial charge in [0.05, 0.1) is 29.6 Å². The first kappa shape index (κ1) is 22.5. The number of ether oxygens (including phenoxy) is 1. The van der Waals surface area contributed by atoms with Gasteiger partial charge in [-0.25, -0.2) is 14.8 Å². The molecule has 0 spiro atoms. The van der Waals surface area contributed by atoms with Gasteiger partial charge < -0.3 is 20.1 Å². The molecule has 0 unspecified atom stereocenters. The Hall–Kier alpha value is -2.23. The maximum Gasteiger partial charge on any atom is 0.347 e. The number of hydrogen-bond donors (Lipinski definition) is 3. The van der Waals surface area contributed by atoms with Gasteiger partial charge in [-0.3, -0.25) is 4.79 Å². The van der Waals surface area contributed by atoms with Crippen LogP contribution in [0.25, 0.3) is 5.57 Å². The highest BCUT2D eigenvalue weighted by molar-refractivity contribution is 7.14. The van der Waals surface area contributed by atoms with Crippen LogP contribution in [-0.2, 0) is 11.2 Å². The van der Waals surface area contributed by atoms with E-state index in [1.165, 1.54) is 0 Å². The van der Waals surface area contributed by atoms with Crippen molar-refractivity contribution in [3.8, 4) is 0 Å². The largest absolute Gasteiger partial charge is 0.477 e. The van der Waals surface area contributed by atoms with Crippen LogP contribution >= 0.6 is 22.9 Å². The van der Waals surface area contributed by atoms with Crippen molar-refractivity contribution in [3.05, 3.63) is 38.3 Å². The zero-order valence-electron chi connectivity index (χ0n) is 17.3. The van der Waals surface area contributed by atoms with Gasteiger partial charge in [-0.05, 0) is 51.7 Å². The van der Waals surface area contributed by atoms with Crippen LogP contribution in [-0.4, -0.2) is 50.2 Å². The molecule has 0 bridgehead atoms. The maximum absolute atomic E-state index is 12.7. The van der Waals surface area contributed by atoms with Gasteiger partial charge in [-0.1, -0.05) is 18.5 Å². The molecule has 0 aliphatic heterocycles. The van der Waals surface area contributed by atoms with E-state index in [1.54, 1.807) is 6.92 Å². The predicted octanol–water partition coefficient (Wildman–Crippen LogP) is 3.86. The van der Waals surface area contributed by atoms with Gasteiger partial charge in [-0.15, -0.1) is 11.3 Å². The molecule has 0 radical (unpaired) electrons. The molecule has 30 heavy (non-hydrogen) atoms. The summed E-state index contributed by atoms with van der Waals surface area (Å²) in [6.45, 7) is 7.47. The minimum Gasteiger partial charge on any atom is -0.477 e. The highest BCUT2D eigenvalue weighted by atomic mass is 35.5. The molecule has 10 heteroatoms. The van der Waals surface area contributed by atoms with Gasteiger partial charge in [0.25, 0.3) is 5.91 Å². The Kier molecular flexibility index (Phi) is 6.95. The SMILES string of the molecule is CCc1[nH]c(C(=O)N[C@@H]2CCC(c3nc(C)c(C(=O)O)s3)=C[C@@H]2OC(C)C)nc1Cl. The number of aromatic nitrogens is 3. The predicted molar refractivity (Wildman–Crippen MR) is 115 cm³/mol. The molecule has 2 aromatic heterocycles. The summed E-state index contributed by atoms with van der Waals surface area (Å²) in [4.78, 5) is 35.7. The Balaban J connectivity index is 1.81. The second kappa shape index (κ2) is 9.28. The number of aromatic carboxylic acids is 1. The number of carboxylic acids is 1. The van der Waals surface area contributed by atoms with E-state index in [4.69, 9.17) is 16.3 Å². The van der Waals surface area contributed by atoms with Crippen molar-refractivity contribution in [2.75, 3.05) is 0 Å². The fourth-order valence-corrected chi connectivity index (χ4v) is 4.58. The summed E-state index contributed by atoms with van der Waals surface area (Å²) in [7, 11) is 0. The molecule has 2 heterocycles. The lowest BCUT2D eigenvalue weighted by molar-refractivity contribution is 0.0106. The summed E-state index contributed by atoms with van der Waals surface area (Å²) in [5.74, 6) is -1.14. The van der Waals surface area contributed by atoms with E-state index in [9.17, 15) is 14.7 Å². The number of carboxylic acid groups (broad SMARTS) is 1. The van der Waals surface area contributed by atoms with E-state index < -0.39 is 5.97 Å². The Morgan fingerprint density at radius 1 is 1.43 bits per heavy atom. The number of nitrogens with one attached hydrogen (secondary N) is 2. The minimum atomic E-state index is -0.976. The van der Waals surface area contributed by atoms with Crippen LogP contribution in [0.1, 0.15) is 70.3 Å². The number of amides is 1. The summed E-state index contributed by atoms with van der Waals surface area (Å²) in [5.41, 5.74) is 2.15. The monoisotopic (exact) mass is 452 g/mol. The summed E-state index contributed by atoms with van der Waals surface area (Å²) in [6, 6.07) is -0.252. The maximum atomic E-state index is 12.7. The van der Waals surface area contributed by atoms with Crippen molar-refractivity contribution in [1.82, 2.24) is 20.3 Å². The molecular formula is C20H25ClN4O4S. The summed E-state index contributed by atoms with van der Waals surface area (Å²) in [6.07, 6.45) is 3.44. The van der Waals surface area contributed by atoms with E-state index in [2.05, 4.69) is 20.3 Å². The number of imidazole rings is 1. The van der Waals surface area contributed by atoms with Crippen LogP contribution in [0, 0.1) is 6.92 Å². The molecule has 0 saturated carbocycles. The molecule has 1 aliphatic carbocycles. The van der Waals surface area contributed by atoms with Gasteiger partial charge in [-0.2, -0.15) is 0 Å². The van der Waals surface area contributed by atoms with Crippen LogP contribution in [0.3, 0.4) is 0 Å². The second-order valence-electron chi connectivity index (χ2n) is 7.41. The van der Waals surface area contributed by atoms with Crippen LogP contribution in [0.5, 0.6) is 0 Å². The number of aromatic amines is 1. The second-order valence-corrected chi connectivity index (χ2v) is 8.76. The topological polar surface area (TPSA) is 117 Å². The third kappa shape index (κ3) is 4.91. The highest BCUT2D eigenvalue weighted by Crippen LogP contribution is 2.33. The molecule has 8 nitrogen and oxygen atoms in total. The average molecular weight is 453 g/mol. The molecule has 1 amide bonds. The highest BCUT2D eigenvalue weighted by Gasteiger charge is 2.30. The lowest BCUT2D eigenvalue weighted by atomic mass is 9.92. The van der Waals surface area contributed by atoms with Gasteiger partial charge in [0.1, 0.15) is 9.88 Å². The van der Waals surface area contributed by atoms with Gasteiger partial charge >= 0.3 is 5.97 Å². The number of allylic oxidation sites excluding steroid dienone is 1. The molecule has 162 valence electrons. The number of carbonyl (C=O) groups is 2. The first-order valence-corrected chi connectivity index (χ1v) is 11.0. The van der Waals surface area contributed by atoms with Gasteiger partial charge in [0.2, 0.25) is 0 Å². The molecular weight excluding hydrogens is 428 g/mol. The Labute approximate surface area is 183 Å². The van der Waals surface area contributed by atoms with E-state index in [-0.39, 0.29) is 34.9 Å². The van der Waals surface area contributed by atoms with E-state index in [0.717, 1.165) is 22.6 Å². The standard InChI is InChI=1S/C20H25ClN4O4S/c1-5-12-16(21)25-17(23-12)18(26)24-13-7-6-11(8-14(13)29-9(2)3)19-22-10(4)15(30-19)20(27)28/h8-9,13-14H,5-7H2,1-4H3,(H,23,25)(H,24,26)(H,27,28)/t13-,14+/m1/s1. The Morgan fingerprint density at radius 2 is 2.17 bits per heavy atom. The van der Waals surface area contributed by atoms with Crippen molar-refractivity contribution in [2.45, 2.75) is 65.2 Å². The van der Waals surface area contributed by atoms with Crippen molar-refractivity contribution in [3.63, 3.8) is 0 Å². The lowest BCUT2D eigenvalue weighted by Crippen LogP contribution is -2.46. The van der Waals surface area contributed by atoms with Crippen molar-refractivity contribution < 1.29 is 19.4 Å². The Bertz CT molecular complexity index is 982. The Morgan fingerprint density at radius 3 is 2.73 bits per heavy atom. The zero-order valence-corrected chi connectivity index (χ0v) is 18.9. The van der Waals surface area contributed by atoms with Crippen molar-refractivity contribution >= 4 is 40.4 Å². The van der Waals surface area contributed by atoms with Crippen molar-refractivity contribution in [1.29, 1.82) is 0 Å². The first-order valence-electron chi connectivity index (χ1n) is 9.82. The number of carbonyl (C=O) groups excluding carboxylic acids is 1. The third-order valence-corrected chi connectivity index (χ3v) is 6.33. The molecule has 3 N–H and O–H groups in total. The van der Waals surface area contributed by atoms with Crippen LogP contribution in [0.15, 0.2) is 6.08 Å². The molecule has 0 fully saturated rings. The molecule has 0 aromatic carbocycles. The van der Waals surface area contributed by atoms with Gasteiger partial charge in [0, 0.05) is 0 Å². The summed E-state index contributed by atoms with van der Waals surface area (Å²) < 4.78 is 6.04. The molecule has 1 aliphatic rings. The van der Waals surface area contributed by atoms with E-state index in [0.29, 0.717) is 35.1 Å². The number of aryl methyl sites for hydroxylation is 2. The van der Waals surface area contributed by atoms with Crippen LogP contribution in [0.2, 0.25) is 5.15 Å². The zero-order chi connectivity index (χ0) is 22.0. The normalized spacial score (nSPS) is 19.1. The fourth-order valence-electron chi connectivity index (χ4n) is 3.35. The average Bonchev–Trinajstić information content (AvgIpc) is 3.25. The molecule has 0 saturated heterocycles. The van der Waals surface area contributed by atoms with E-state index in [1.807, 2.05) is 26.8 Å². The molecule has 3 rings (SSSR count). The smallest absolute Gasteiger partial charge is 0.347 e. The number of halogens is 1. The van der Waals surface area contributed by atoms with Crippen LogP contribution in [0.4, 0.5) is 0 Å². The van der Waals surface area contributed by atoms with E-state index >= 15 is 0 Å². The number of rotatable bonds is 7. The summed E-state index contributed by atoms with van der Waals surface area (Å²) >= 11 is 7.21. The first-order chi connectivity index (χ1) is 14.2. The third-order valence-electron chi connectivity index (χ3n) is 4.79. The number of nitrogens with zero attached hydrogens (tertiary/aromatic N) is 2.